The Labute approximate surface area is 126 Å². The Morgan fingerprint density at radius 3 is 2.45 bits per heavy atom. The van der Waals surface area contributed by atoms with Crippen LogP contribution in [-0.4, -0.2) is 31.9 Å². The van der Waals surface area contributed by atoms with Crippen LogP contribution < -0.4 is 14.4 Å². The van der Waals surface area contributed by atoms with Gasteiger partial charge >= 0.3 is 0 Å². The van der Waals surface area contributed by atoms with Crippen molar-refractivity contribution in [3.05, 3.63) is 17.2 Å². The first-order valence-corrected chi connectivity index (χ1v) is 6.64. The molecule has 1 fully saturated rings. The average molecular weight is 318 g/mol. The number of anilines is 1. The van der Waals surface area contributed by atoms with Crippen molar-refractivity contribution >= 4 is 40.0 Å². The number of benzene rings is 1. The molecule has 7 heteroatoms. The lowest BCUT2D eigenvalue weighted by Crippen LogP contribution is -2.25. The van der Waals surface area contributed by atoms with Crippen LogP contribution in [0.2, 0.25) is 5.02 Å². The summed E-state index contributed by atoms with van der Waals surface area (Å²) in [6.45, 7) is 0.225. The molecule has 0 N–H and O–H groups in total. The van der Waals surface area contributed by atoms with Crippen molar-refractivity contribution in [1.29, 1.82) is 0 Å². The Kier molecular flexibility index (Phi) is 4.40. The fraction of sp³-hybridized carbons (Fsp3) is 0.385. The zero-order chi connectivity index (χ0) is 14.9. The summed E-state index contributed by atoms with van der Waals surface area (Å²) in [6.07, 6.45) is 0.0937. The minimum Gasteiger partial charge on any atom is -0.495 e. The lowest BCUT2D eigenvalue weighted by atomic mass is 10.1. The quantitative estimate of drug-likeness (QED) is 0.800. The molecule has 1 aromatic rings. The maximum absolute atomic E-state index is 12.0. The van der Waals surface area contributed by atoms with Gasteiger partial charge in [-0.25, -0.2) is 0 Å². The number of halogens is 2. The monoisotopic (exact) mass is 317 g/mol. The van der Waals surface area contributed by atoms with Gasteiger partial charge in [0.1, 0.15) is 11.5 Å². The predicted molar refractivity (Wildman–Crippen MR) is 75.9 cm³/mol. The highest BCUT2D eigenvalue weighted by molar-refractivity contribution is 6.64. The molecule has 5 nitrogen and oxygen atoms in total. The third-order valence-electron chi connectivity index (χ3n) is 3.19. The van der Waals surface area contributed by atoms with Crippen LogP contribution in [0, 0.1) is 5.92 Å². The van der Waals surface area contributed by atoms with Crippen LogP contribution in [0.25, 0.3) is 0 Å². The van der Waals surface area contributed by atoms with Gasteiger partial charge in [-0.2, -0.15) is 0 Å². The first kappa shape index (κ1) is 14.9. The molecule has 1 aliphatic rings. The number of hydrogen-bond acceptors (Lipinski definition) is 4. The van der Waals surface area contributed by atoms with Crippen LogP contribution in [0.4, 0.5) is 5.69 Å². The molecule has 2 rings (SSSR count). The maximum Gasteiger partial charge on any atom is 0.227 e. The van der Waals surface area contributed by atoms with E-state index in [0.29, 0.717) is 22.2 Å². The number of carbonyl (C=O) groups is 2. The van der Waals surface area contributed by atoms with E-state index in [1.165, 1.54) is 19.1 Å². The molecular weight excluding hydrogens is 305 g/mol. The molecule has 1 aliphatic heterocycles. The fourth-order valence-corrected chi connectivity index (χ4v) is 2.52. The normalized spacial score (nSPS) is 18.3. The highest BCUT2D eigenvalue weighted by Gasteiger charge is 2.36. The number of nitrogens with zero attached hydrogens (tertiary/aromatic N) is 1. The van der Waals surface area contributed by atoms with E-state index in [1.807, 2.05) is 0 Å². The Balaban J connectivity index is 2.41. The predicted octanol–water partition coefficient (Wildman–Crippen LogP) is 2.48. The molecule has 1 unspecified atom stereocenters. The summed E-state index contributed by atoms with van der Waals surface area (Å²) in [5, 5.41) is -0.134. The molecule has 0 bridgehead atoms. The second-order valence-electron chi connectivity index (χ2n) is 4.37. The topological polar surface area (TPSA) is 55.8 Å². The van der Waals surface area contributed by atoms with Gasteiger partial charge in [0, 0.05) is 25.1 Å². The van der Waals surface area contributed by atoms with Crippen molar-refractivity contribution in [1.82, 2.24) is 0 Å². The van der Waals surface area contributed by atoms with E-state index in [2.05, 4.69) is 0 Å². The number of hydrogen-bond donors (Lipinski definition) is 0. The van der Waals surface area contributed by atoms with Gasteiger partial charge in [-0.1, -0.05) is 11.6 Å². The first-order chi connectivity index (χ1) is 9.47. The minimum absolute atomic E-state index is 0.0937. The molecule has 0 spiro atoms. The second kappa shape index (κ2) is 5.89. The zero-order valence-electron chi connectivity index (χ0n) is 11.0. The third-order valence-corrected chi connectivity index (χ3v) is 3.79. The highest BCUT2D eigenvalue weighted by atomic mass is 35.5. The summed E-state index contributed by atoms with van der Waals surface area (Å²) in [5.41, 5.74) is 0.513. The van der Waals surface area contributed by atoms with Gasteiger partial charge < -0.3 is 14.4 Å². The van der Waals surface area contributed by atoms with Gasteiger partial charge in [-0.3, -0.25) is 9.59 Å². The van der Waals surface area contributed by atoms with Gasteiger partial charge in [0.05, 0.1) is 30.8 Å². The molecule has 1 saturated heterocycles. The van der Waals surface area contributed by atoms with E-state index in [-0.39, 0.29) is 18.9 Å². The lowest BCUT2D eigenvalue weighted by Gasteiger charge is -2.20. The molecule has 1 aromatic carbocycles. The van der Waals surface area contributed by atoms with Gasteiger partial charge in [0.25, 0.3) is 0 Å². The van der Waals surface area contributed by atoms with Crippen molar-refractivity contribution in [3.63, 3.8) is 0 Å². The smallest absolute Gasteiger partial charge is 0.227 e. The average Bonchev–Trinajstić information content (AvgIpc) is 2.80. The van der Waals surface area contributed by atoms with E-state index >= 15 is 0 Å². The third kappa shape index (κ3) is 2.69. The molecule has 20 heavy (non-hydrogen) atoms. The fourth-order valence-electron chi connectivity index (χ4n) is 2.15. The Morgan fingerprint density at radius 2 is 1.95 bits per heavy atom. The Hall–Kier alpha value is -1.46. The van der Waals surface area contributed by atoms with E-state index in [0.717, 1.165) is 0 Å². The lowest BCUT2D eigenvalue weighted by molar-refractivity contribution is -0.120. The summed E-state index contributed by atoms with van der Waals surface area (Å²) in [5.74, 6) is 0.171. The summed E-state index contributed by atoms with van der Waals surface area (Å²) in [4.78, 5) is 24.7. The number of carbonyl (C=O) groups excluding carboxylic acids is 2. The van der Waals surface area contributed by atoms with Crippen LogP contribution in [0.5, 0.6) is 11.5 Å². The summed E-state index contributed by atoms with van der Waals surface area (Å²) in [6, 6.07) is 3.18. The van der Waals surface area contributed by atoms with Crippen molar-refractivity contribution in [2.24, 2.45) is 5.92 Å². The molecule has 0 radical (unpaired) electrons. The molecule has 1 atom stereocenters. The summed E-state index contributed by atoms with van der Waals surface area (Å²) >= 11 is 11.5. The highest BCUT2D eigenvalue weighted by Crippen LogP contribution is 2.40. The Bertz CT molecular complexity index is 562. The maximum atomic E-state index is 12.0. The number of amides is 1. The van der Waals surface area contributed by atoms with Gasteiger partial charge in [-0.15, -0.1) is 0 Å². The number of ether oxygens (including phenoxy) is 2. The zero-order valence-corrected chi connectivity index (χ0v) is 12.5. The van der Waals surface area contributed by atoms with Crippen molar-refractivity contribution < 1.29 is 19.1 Å². The van der Waals surface area contributed by atoms with Crippen molar-refractivity contribution in [3.8, 4) is 11.5 Å². The second-order valence-corrected chi connectivity index (χ2v) is 5.15. The van der Waals surface area contributed by atoms with Gasteiger partial charge in [0.2, 0.25) is 11.1 Å². The van der Waals surface area contributed by atoms with Gasteiger partial charge in [0.15, 0.2) is 0 Å². The molecule has 0 aromatic heterocycles. The van der Waals surface area contributed by atoms with Crippen LogP contribution in [0.1, 0.15) is 6.42 Å². The Morgan fingerprint density at radius 1 is 1.30 bits per heavy atom. The molecule has 108 valence electrons. The molecule has 1 amide bonds. The van der Waals surface area contributed by atoms with E-state index in [9.17, 15) is 9.59 Å². The summed E-state index contributed by atoms with van der Waals surface area (Å²) < 4.78 is 10.4. The minimum atomic E-state index is -0.513. The summed E-state index contributed by atoms with van der Waals surface area (Å²) in [7, 11) is 2.96. The molecule has 1 heterocycles. The molecule has 0 saturated carbocycles. The van der Waals surface area contributed by atoms with Crippen LogP contribution in [0.15, 0.2) is 12.1 Å². The molecule has 0 aliphatic carbocycles. The van der Waals surface area contributed by atoms with Crippen LogP contribution in [0.3, 0.4) is 0 Å². The number of methoxy groups -OCH3 is 2. The SMILES string of the molecule is COc1cc(N2CC(C(=O)Cl)CC2=O)c(OC)cc1Cl. The first-order valence-electron chi connectivity index (χ1n) is 5.89. The van der Waals surface area contributed by atoms with E-state index in [1.54, 1.807) is 12.1 Å². The standard InChI is InChI=1S/C13H13Cl2NO4/c1-19-10-5-9(11(20-2)4-8(10)14)16-6-7(13(15)18)3-12(16)17/h4-5,7H,3,6H2,1-2H3. The largest absolute Gasteiger partial charge is 0.495 e. The van der Waals surface area contributed by atoms with Crippen molar-refractivity contribution in [2.45, 2.75) is 6.42 Å². The van der Waals surface area contributed by atoms with Crippen LogP contribution >= 0.6 is 23.2 Å². The molecular formula is C13H13Cl2NO4. The van der Waals surface area contributed by atoms with Gasteiger partial charge in [-0.05, 0) is 11.6 Å². The van der Waals surface area contributed by atoms with E-state index < -0.39 is 11.2 Å². The van der Waals surface area contributed by atoms with Crippen molar-refractivity contribution in [2.75, 3.05) is 25.7 Å². The van der Waals surface area contributed by atoms with E-state index in [4.69, 9.17) is 32.7 Å². The number of rotatable bonds is 4. The van der Waals surface area contributed by atoms with Crippen LogP contribution in [-0.2, 0) is 9.59 Å².